The van der Waals surface area contributed by atoms with E-state index in [1.54, 1.807) is 7.11 Å². The maximum absolute atomic E-state index is 5.54. The van der Waals surface area contributed by atoms with Crippen LogP contribution in [0.5, 0.6) is 5.75 Å². The van der Waals surface area contributed by atoms with Crippen molar-refractivity contribution >= 4 is 11.7 Å². The second kappa shape index (κ2) is 7.31. The van der Waals surface area contributed by atoms with Crippen molar-refractivity contribution in [2.45, 2.75) is 19.9 Å². The van der Waals surface area contributed by atoms with E-state index >= 15 is 0 Å². The van der Waals surface area contributed by atoms with Gasteiger partial charge in [0.25, 0.3) is 0 Å². The normalized spacial score (nSPS) is 17.2. The first kappa shape index (κ1) is 17.4. The van der Waals surface area contributed by atoms with E-state index in [2.05, 4.69) is 58.1 Å². The van der Waals surface area contributed by atoms with Crippen LogP contribution in [-0.4, -0.2) is 42.9 Å². The van der Waals surface area contributed by atoms with Crippen molar-refractivity contribution in [3.05, 3.63) is 54.1 Å². The average molecular weight is 364 g/mol. The van der Waals surface area contributed by atoms with Crippen molar-refractivity contribution in [2.24, 2.45) is 0 Å². The van der Waals surface area contributed by atoms with Crippen LogP contribution in [0.3, 0.4) is 0 Å². The highest BCUT2D eigenvalue weighted by Crippen LogP contribution is 2.26. The molecule has 0 bridgehead atoms. The van der Waals surface area contributed by atoms with Gasteiger partial charge in [0.15, 0.2) is 0 Å². The van der Waals surface area contributed by atoms with Crippen molar-refractivity contribution < 1.29 is 9.26 Å². The van der Waals surface area contributed by atoms with Crippen LogP contribution >= 0.6 is 0 Å². The number of rotatable bonds is 4. The van der Waals surface area contributed by atoms with Crippen LogP contribution in [-0.2, 0) is 0 Å². The molecule has 0 radical (unpaired) electrons. The molecule has 0 saturated carbocycles. The highest BCUT2D eigenvalue weighted by atomic mass is 16.5. The SMILES string of the molecule is COc1ccc(-c2noc(N3CCN(c4ccc(C)cc4)C(C)C3)n2)cc1. The number of hydrogen-bond donors (Lipinski definition) is 0. The Bertz CT molecular complexity index is 889. The number of anilines is 2. The van der Waals surface area contributed by atoms with E-state index in [4.69, 9.17) is 9.26 Å². The molecule has 6 nitrogen and oxygen atoms in total. The van der Waals surface area contributed by atoms with Gasteiger partial charge in [-0.15, -0.1) is 0 Å². The quantitative estimate of drug-likeness (QED) is 0.702. The molecule has 4 rings (SSSR count). The Morgan fingerprint density at radius 3 is 2.44 bits per heavy atom. The molecule has 0 spiro atoms. The summed E-state index contributed by atoms with van der Waals surface area (Å²) in [5, 5.41) is 4.15. The van der Waals surface area contributed by atoms with Crippen LogP contribution in [0, 0.1) is 6.92 Å². The molecule has 0 aliphatic carbocycles. The lowest BCUT2D eigenvalue weighted by Crippen LogP contribution is -2.52. The monoisotopic (exact) mass is 364 g/mol. The molecule has 3 aromatic rings. The third-order valence-corrected chi connectivity index (χ3v) is 5.03. The summed E-state index contributed by atoms with van der Waals surface area (Å²) in [6.07, 6.45) is 0. The molecular weight excluding hydrogens is 340 g/mol. The van der Waals surface area contributed by atoms with Crippen molar-refractivity contribution in [3.8, 4) is 17.1 Å². The molecule has 1 unspecified atom stereocenters. The third kappa shape index (κ3) is 3.60. The number of ether oxygens (including phenoxy) is 1. The number of piperazine rings is 1. The first-order valence-electron chi connectivity index (χ1n) is 9.20. The molecule has 1 aromatic heterocycles. The van der Waals surface area contributed by atoms with Gasteiger partial charge in [-0.2, -0.15) is 4.98 Å². The average Bonchev–Trinajstić information content (AvgIpc) is 3.19. The summed E-state index contributed by atoms with van der Waals surface area (Å²) in [6, 6.07) is 17.3. The molecule has 1 fully saturated rings. The van der Waals surface area contributed by atoms with E-state index in [9.17, 15) is 0 Å². The topological polar surface area (TPSA) is 54.6 Å². The van der Waals surface area contributed by atoms with Crippen molar-refractivity contribution in [1.29, 1.82) is 0 Å². The Labute approximate surface area is 159 Å². The first-order chi connectivity index (χ1) is 13.1. The standard InChI is InChI=1S/C21H24N4O2/c1-15-4-8-18(9-5-15)25-13-12-24(14-16(25)2)21-22-20(23-27-21)17-6-10-19(26-3)11-7-17/h4-11,16H,12-14H2,1-3H3. The van der Waals surface area contributed by atoms with Crippen molar-refractivity contribution in [3.63, 3.8) is 0 Å². The zero-order valence-corrected chi connectivity index (χ0v) is 15.9. The molecule has 2 heterocycles. The van der Waals surface area contributed by atoms with Gasteiger partial charge in [0, 0.05) is 36.9 Å². The largest absolute Gasteiger partial charge is 0.497 e. The summed E-state index contributed by atoms with van der Waals surface area (Å²) in [6.45, 7) is 6.96. The number of hydrogen-bond acceptors (Lipinski definition) is 6. The van der Waals surface area contributed by atoms with E-state index < -0.39 is 0 Å². The van der Waals surface area contributed by atoms with Gasteiger partial charge in [-0.1, -0.05) is 22.9 Å². The van der Waals surface area contributed by atoms with Gasteiger partial charge >= 0.3 is 6.01 Å². The van der Waals surface area contributed by atoms with Crippen molar-refractivity contribution in [2.75, 3.05) is 36.5 Å². The van der Waals surface area contributed by atoms with Gasteiger partial charge in [-0.3, -0.25) is 0 Å². The van der Waals surface area contributed by atoms with Gasteiger partial charge in [0.05, 0.1) is 7.11 Å². The second-order valence-electron chi connectivity index (χ2n) is 6.95. The van der Waals surface area contributed by atoms with Gasteiger partial charge < -0.3 is 19.1 Å². The number of methoxy groups -OCH3 is 1. The molecule has 6 heteroatoms. The molecule has 140 valence electrons. The maximum atomic E-state index is 5.54. The lowest BCUT2D eigenvalue weighted by atomic mass is 10.1. The summed E-state index contributed by atoms with van der Waals surface area (Å²) in [4.78, 5) is 9.18. The molecule has 27 heavy (non-hydrogen) atoms. The maximum Gasteiger partial charge on any atom is 0.324 e. The van der Waals surface area contributed by atoms with E-state index in [0.717, 1.165) is 30.9 Å². The lowest BCUT2D eigenvalue weighted by molar-refractivity contribution is 0.401. The Morgan fingerprint density at radius 2 is 1.78 bits per heavy atom. The van der Waals surface area contributed by atoms with Gasteiger partial charge in [0.1, 0.15) is 5.75 Å². The number of aromatic nitrogens is 2. The van der Waals surface area contributed by atoms with E-state index in [0.29, 0.717) is 17.9 Å². The molecule has 2 aromatic carbocycles. The minimum atomic E-state index is 0.359. The van der Waals surface area contributed by atoms with Crippen LogP contribution in [0.25, 0.3) is 11.4 Å². The number of benzene rings is 2. The Balaban J connectivity index is 1.46. The van der Waals surface area contributed by atoms with Crippen LogP contribution in [0.15, 0.2) is 53.1 Å². The van der Waals surface area contributed by atoms with E-state index in [1.807, 2.05) is 24.3 Å². The van der Waals surface area contributed by atoms with Crippen LogP contribution in [0.2, 0.25) is 0 Å². The molecule has 0 amide bonds. The molecular formula is C21H24N4O2. The fraction of sp³-hybridized carbons (Fsp3) is 0.333. The fourth-order valence-electron chi connectivity index (χ4n) is 3.45. The summed E-state index contributed by atoms with van der Waals surface area (Å²) in [5.74, 6) is 1.41. The highest BCUT2D eigenvalue weighted by molar-refractivity contribution is 5.57. The molecule has 0 N–H and O–H groups in total. The highest BCUT2D eigenvalue weighted by Gasteiger charge is 2.27. The fourth-order valence-corrected chi connectivity index (χ4v) is 3.45. The molecule has 1 aliphatic rings. The van der Waals surface area contributed by atoms with Gasteiger partial charge in [0.2, 0.25) is 5.82 Å². The van der Waals surface area contributed by atoms with Crippen LogP contribution in [0.4, 0.5) is 11.7 Å². The first-order valence-corrected chi connectivity index (χ1v) is 9.20. The number of nitrogens with zero attached hydrogens (tertiary/aromatic N) is 4. The zero-order valence-electron chi connectivity index (χ0n) is 15.9. The predicted molar refractivity (Wildman–Crippen MR) is 106 cm³/mol. The number of aryl methyl sites for hydroxylation is 1. The Hall–Kier alpha value is -3.02. The summed E-state index contributed by atoms with van der Waals surface area (Å²) in [7, 11) is 1.65. The smallest absolute Gasteiger partial charge is 0.324 e. The van der Waals surface area contributed by atoms with Gasteiger partial charge in [-0.25, -0.2) is 0 Å². The van der Waals surface area contributed by atoms with Crippen LogP contribution < -0.4 is 14.5 Å². The Kier molecular flexibility index (Phi) is 4.71. The Morgan fingerprint density at radius 1 is 1.04 bits per heavy atom. The lowest BCUT2D eigenvalue weighted by Gasteiger charge is -2.40. The minimum Gasteiger partial charge on any atom is -0.497 e. The van der Waals surface area contributed by atoms with Crippen molar-refractivity contribution in [1.82, 2.24) is 10.1 Å². The molecule has 1 saturated heterocycles. The summed E-state index contributed by atoms with van der Waals surface area (Å²) in [5.41, 5.74) is 3.45. The second-order valence-corrected chi connectivity index (χ2v) is 6.95. The molecule has 1 atom stereocenters. The summed E-state index contributed by atoms with van der Waals surface area (Å²) < 4.78 is 10.7. The predicted octanol–water partition coefficient (Wildman–Crippen LogP) is 3.77. The van der Waals surface area contributed by atoms with E-state index in [1.165, 1.54) is 11.3 Å². The third-order valence-electron chi connectivity index (χ3n) is 5.03. The zero-order chi connectivity index (χ0) is 18.8. The molecule has 1 aliphatic heterocycles. The van der Waals surface area contributed by atoms with E-state index in [-0.39, 0.29) is 0 Å². The van der Waals surface area contributed by atoms with Gasteiger partial charge in [-0.05, 0) is 50.2 Å². The summed E-state index contributed by atoms with van der Waals surface area (Å²) >= 11 is 0. The van der Waals surface area contributed by atoms with Crippen LogP contribution in [0.1, 0.15) is 12.5 Å². The minimum absolute atomic E-state index is 0.359.